The summed E-state index contributed by atoms with van der Waals surface area (Å²) in [5.41, 5.74) is 0.638. The molecular formula is C13H16BrNO. The molecule has 0 fully saturated rings. The van der Waals surface area contributed by atoms with Gasteiger partial charge in [-0.3, -0.25) is 4.79 Å². The normalized spacial score (nSPS) is 11.8. The van der Waals surface area contributed by atoms with E-state index in [9.17, 15) is 4.79 Å². The molecule has 1 N–H and O–H groups in total. The summed E-state index contributed by atoms with van der Waals surface area (Å²) in [7, 11) is 0. The van der Waals surface area contributed by atoms with E-state index in [0.29, 0.717) is 0 Å². The second-order valence-corrected chi connectivity index (χ2v) is 5.51. The van der Waals surface area contributed by atoms with Crippen LogP contribution in [0.5, 0.6) is 0 Å². The van der Waals surface area contributed by atoms with Crippen LogP contribution in [0.2, 0.25) is 0 Å². The summed E-state index contributed by atoms with van der Waals surface area (Å²) in [6.45, 7) is 5.71. The zero-order valence-corrected chi connectivity index (χ0v) is 11.3. The number of carbonyl (C=O) groups is 1. The first-order valence-electron chi connectivity index (χ1n) is 5.13. The molecule has 0 aliphatic heterocycles. The van der Waals surface area contributed by atoms with Crippen LogP contribution in [0.15, 0.2) is 41.0 Å². The Bertz CT molecular complexity index is 387. The quantitative estimate of drug-likeness (QED) is 0.849. The van der Waals surface area contributed by atoms with Gasteiger partial charge in [-0.2, -0.15) is 0 Å². The Morgan fingerprint density at radius 1 is 1.25 bits per heavy atom. The van der Waals surface area contributed by atoms with Crippen molar-refractivity contribution in [3.05, 3.63) is 41.0 Å². The maximum Gasteiger partial charge on any atom is 0.162 e. The molecule has 1 aromatic rings. The molecule has 2 nitrogen and oxygen atoms in total. The van der Waals surface area contributed by atoms with Gasteiger partial charge in [0.15, 0.2) is 5.78 Å². The molecule has 0 heterocycles. The molecule has 0 unspecified atom stereocenters. The molecular weight excluding hydrogens is 266 g/mol. The number of rotatable bonds is 3. The molecule has 0 aromatic heterocycles. The maximum atomic E-state index is 11.6. The van der Waals surface area contributed by atoms with Crippen molar-refractivity contribution in [2.45, 2.75) is 20.8 Å². The number of ketones is 1. The second kappa shape index (κ2) is 5.30. The summed E-state index contributed by atoms with van der Waals surface area (Å²) in [6, 6.07) is 7.77. The van der Waals surface area contributed by atoms with E-state index in [1.807, 2.05) is 45.0 Å². The molecule has 0 spiro atoms. The monoisotopic (exact) mass is 281 g/mol. The summed E-state index contributed by atoms with van der Waals surface area (Å²) < 4.78 is 1.03. The third-order valence-electron chi connectivity index (χ3n) is 2.07. The van der Waals surface area contributed by atoms with Gasteiger partial charge < -0.3 is 5.32 Å². The molecule has 0 aliphatic rings. The highest BCUT2D eigenvalue weighted by Gasteiger charge is 2.17. The van der Waals surface area contributed by atoms with Crippen LogP contribution in [0.3, 0.4) is 0 Å². The topological polar surface area (TPSA) is 29.1 Å². The first-order valence-corrected chi connectivity index (χ1v) is 5.92. The van der Waals surface area contributed by atoms with Crippen molar-refractivity contribution in [2.24, 2.45) is 5.41 Å². The highest BCUT2D eigenvalue weighted by molar-refractivity contribution is 9.10. The molecule has 0 atom stereocenters. The molecule has 1 rings (SSSR count). The van der Waals surface area contributed by atoms with Crippen molar-refractivity contribution in [3.63, 3.8) is 0 Å². The van der Waals surface area contributed by atoms with Gasteiger partial charge in [-0.25, -0.2) is 0 Å². The fourth-order valence-electron chi connectivity index (χ4n) is 1.01. The predicted octanol–water partition coefficient (Wildman–Crippen LogP) is 3.99. The van der Waals surface area contributed by atoms with Gasteiger partial charge in [0.05, 0.1) is 0 Å². The van der Waals surface area contributed by atoms with Gasteiger partial charge in [0.1, 0.15) is 0 Å². The standard InChI is InChI=1S/C13H16BrNO/c1-13(2,3)12(16)8-9-15-11-6-4-10(14)5-7-11/h4-9,15H,1-3H3/b9-8+. The van der Waals surface area contributed by atoms with Crippen LogP contribution in [0.25, 0.3) is 0 Å². The summed E-state index contributed by atoms with van der Waals surface area (Å²) in [6.07, 6.45) is 3.25. The molecule has 1 aromatic carbocycles. The molecule has 86 valence electrons. The molecule has 0 amide bonds. The van der Waals surface area contributed by atoms with E-state index < -0.39 is 0 Å². The van der Waals surface area contributed by atoms with Crippen molar-refractivity contribution in [2.75, 3.05) is 5.32 Å². The Kier molecular flexibility index (Phi) is 4.30. The number of benzene rings is 1. The number of hydrogen-bond donors (Lipinski definition) is 1. The van der Waals surface area contributed by atoms with E-state index in [0.717, 1.165) is 10.2 Å². The summed E-state index contributed by atoms with van der Waals surface area (Å²) >= 11 is 3.36. The van der Waals surface area contributed by atoms with Gasteiger partial charge >= 0.3 is 0 Å². The number of carbonyl (C=O) groups excluding carboxylic acids is 1. The van der Waals surface area contributed by atoms with E-state index in [1.54, 1.807) is 12.3 Å². The number of anilines is 1. The third-order valence-corrected chi connectivity index (χ3v) is 2.60. The lowest BCUT2D eigenvalue weighted by atomic mass is 9.91. The Morgan fingerprint density at radius 2 is 1.81 bits per heavy atom. The smallest absolute Gasteiger partial charge is 0.162 e. The minimum Gasteiger partial charge on any atom is -0.362 e. The van der Waals surface area contributed by atoms with E-state index in [2.05, 4.69) is 21.2 Å². The van der Waals surface area contributed by atoms with Crippen LogP contribution in [0.4, 0.5) is 5.69 Å². The van der Waals surface area contributed by atoms with Gasteiger partial charge in [0, 0.05) is 21.8 Å². The van der Waals surface area contributed by atoms with Crippen LogP contribution >= 0.6 is 15.9 Å². The fourth-order valence-corrected chi connectivity index (χ4v) is 1.27. The first-order chi connectivity index (χ1) is 7.39. The third kappa shape index (κ3) is 4.19. The Morgan fingerprint density at radius 3 is 2.31 bits per heavy atom. The fraction of sp³-hybridized carbons (Fsp3) is 0.308. The summed E-state index contributed by atoms with van der Waals surface area (Å²) in [5, 5.41) is 3.05. The van der Waals surface area contributed by atoms with Crippen molar-refractivity contribution in [1.82, 2.24) is 0 Å². The molecule has 0 saturated heterocycles. The minimum atomic E-state index is -0.322. The van der Waals surface area contributed by atoms with E-state index in [4.69, 9.17) is 0 Å². The van der Waals surface area contributed by atoms with Crippen LogP contribution in [-0.2, 0) is 4.79 Å². The molecule has 0 saturated carbocycles. The number of allylic oxidation sites excluding steroid dienone is 1. The van der Waals surface area contributed by atoms with Crippen LogP contribution in [0.1, 0.15) is 20.8 Å². The average molecular weight is 282 g/mol. The number of halogens is 1. The lowest BCUT2D eigenvalue weighted by Gasteiger charge is -2.12. The summed E-state index contributed by atoms with van der Waals surface area (Å²) in [5.74, 6) is 0.108. The lowest BCUT2D eigenvalue weighted by Crippen LogP contribution is -2.17. The predicted molar refractivity (Wildman–Crippen MR) is 71.4 cm³/mol. The van der Waals surface area contributed by atoms with Crippen molar-refractivity contribution < 1.29 is 4.79 Å². The number of hydrogen-bond acceptors (Lipinski definition) is 2. The molecule has 3 heteroatoms. The second-order valence-electron chi connectivity index (χ2n) is 4.60. The van der Waals surface area contributed by atoms with Gasteiger partial charge in [0.25, 0.3) is 0 Å². The zero-order valence-electron chi connectivity index (χ0n) is 9.75. The van der Waals surface area contributed by atoms with Gasteiger partial charge in [-0.15, -0.1) is 0 Å². The largest absolute Gasteiger partial charge is 0.362 e. The Hall–Kier alpha value is -1.09. The molecule has 0 bridgehead atoms. The van der Waals surface area contributed by atoms with Crippen LogP contribution in [-0.4, -0.2) is 5.78 Å². The molecule has 0 radical (unpaired) electrons. The average Bonchev–Trinajstić information content (AvgIpc) is 2.19. The van der Waals surface area contributed by atoms with Gasteiger partial charge in [-0.05, 0) is 30.3 Å². The van der Waals surface area contributed by atoms with Crippen LogP contribution < -0.4 is 5.32 Å². The molecule has 0 aliphatic carbocycles. The van der Waals surface area contributed by atoms with Gasteiger partial charge in [0.2, 0.25) is 0 Å². The number of nitrogens with one attached hydrogen (secondary N) is 1. The first kappa shape index (κ1) is 13.0. The van der Waals surface area contributed by atoms with E-state index in [1.165, 1.54) is 0 Å². The van der Waals surface area contributed by atoms with Crippen molar-refractivity contribution in [1.29, 1.82) is 0 Å². The van der Waals surface area contributed by atoms with Crippen LogP contribution in [0, 0.1) is 5.41 Å². The summed E-state index contributed by atoms with van der Waals surface area (Å²) in [4.78, 5) is 11.6. The highest BCUT2D eigenvalue weighted by atomic mass is 79.9. The Balaban J connectivity index is 2.55. The zero-order chi connectivity index (χ0) is 12.2. The Labute approximate surface area is 105 Å². The molecule has 16 heavy (non-hydrogen) atoms. The van der Waals surface area contributed by atoms with Crippen molar-refractivity contribution in [3.8, 4) is 0 Å². The van der Waals surface area contributed by atoms with E-state index in [-0.39, 0.29) is 11.2 Å². The lowest BCUT2D eigenvalue weighted by molar-refractivity contribution is -0.121. The van der Waals surface area contributed by atoms with Gasteiger partial charge in [-0.1, -0.05) is 36.7 Å². The van der Waals surface area contributed by atoms with Crippen molar-refractivity contribution >= 4 is 27.4 Å². The van der Waals surface area contributed by atoms with E-state index >= 15 is 0 Å². The highest BCUT2D eigenvalue weighted by Crippen LogP contribution is 2.16. The maximum absolute atomic E-state index is 11.6. The minimum absolute atomic E-state index is 0.108. The SMILES string of the molecule is CC(C)(C)C(=O)/C=C/Nc1ccc(Br)cc1.